The maximum Gasteiger partial charge on any atom is 0.264 e. The molecule has 15 heavy (non-hydrogen) atoms. The Labute approximate surface area is 91.7 Å². The normalized spacial score (nSPS) is 27.9. The maximum atomic E-state index is 11.2. The summed E-state index contributed by atoms with van der Waals surface area (Å²) in [5.74, 6) is 0.434. The molecular formula is C10H19NO3S. The molecule has 1 aliphatic carbocycles. The van der Waals surface area contributed by atoms with Gasteiger partial charge in [0.25, 0.3) is 10.1 Å². The highest BCUT2D eigenvalue weighted by Crippen LogP contribution is 2.50. The summed E-state index contributed by atoms with van der Waals surface area (Å²) in [5, 5.41) is 0. The monoisotopic (exact) mass is 233 g/mol. The zero-order valence-corrected chi connectivity index (χ0v) is 10.2. The van der Waals surface area contributed by atoms with Crippen LogP contribution in [0.25, 0.3) is 0 Å². The van der Waals surface area contributed by atoms with Gasteiger partial charge in [-0.25, -0.2) is 0 Å². The highest BCUT2D eigenvalue weighted by Gasteiger charge is 2.53. The Hall–Kier alpha value is -0.130. The quantitative estimate of drug-likeness (QED) is 0.678. The molecule has 2 aliphatic rings. The number of likely N-dealkylation sites (tertiary alicyclic amines) is 1. The van der Waals surface area contributed by atoms with E-state index in [1.807, 2.05) is 0 Å². The summed E-state index contributed by atoms with van der Waals surface area (Å²) in [6.45, 7) is 2.11. The molecule has 0 amide bonds. The van der Waals surface area contributed by atoms with Gasteiger partial charge in [0.1, 0.15) is 0 Å². The fraction of sp³-hybridized carbons (Fsp3) is 1.00. The molecule has 0 bridgehead atoms. The largest absolute Gasteiger partial charge is 0.306 e. The Kier molecular flexibility index (Phi) is 2.81. The first-order valence-corrected chi connectivity index (χ1v) is 7.32. The first-order chi connectivity index (χ1) is 6.91. The lowest BCUT2D eigenvalue weighted by Crippen LogP contribution is -2.38. The predicted octanol–water partition coefficient (Wildman–Crippen LogP) is 0.837. The fourth-order valence-electron chi connectivity index (χ4n) is 2.52. The first-order valence-electron chi connectivity index (χ1n) is 5.50. The van der Waals surface area contributed by atoms with E-state index in [1.165, 1.54) is 0 Å². The van der Waals surface area contributed by atoms with Gasteiger partial charge in [-0.05, 0) is 51.7 Å². The Bertz CT molecular complexity index is 327. The molecule has 0 unspecified atom stereocenters. The number of nitrogens with zero attached hydrogens (tertiary/aromatic N) is 1. The van der Waals surface area contributed by atoms with Crippen LogP contribution >= 0.6 is 0 Å². The van der Waals surface area contributed by atoms with Crippen molar-refractivity contribution in [2.75, 3.05) is 26.4 Å². The molecule has 1 saturated heterocycles. The SMILES string of the molecule is CN1CCC(C2(OS(C)(=O)=O)CC2)CC1. The van der Waals surface area contributed by atoms with E-state index in [0.29, 0.717) is 5.92 Å². The summed E-state index contributed by atoms with van der Waals surface area (Å²) in [5.41, 5.74) is -0.325. The van der Waals surface area contributed by atoms with E-state index in [2.05, 4.69) is 11.9 Å². The third kappa shape index (κ3) is 2.71. The third-order valence-corrected chi connectivity index (χ3v) is 4.16. The molecule has 88 valence electrons. The van der Waals surface area contributed by atoms with Crippen molar-refractivity contribution in [3.05, 3.63) is 0 Å². The molecule has 0 N–H and O–H groups in total. The molecule has 1 heterocycles. The van der Waals surface area contributed by atoms with Crippen LogP contribution in [0.4, 0.5) is 0 Å². The highest BCUT2D eigenvalue weighted by atomic mass is 32.2. The molecule has 0 aromatic rings. The Balaban J connectivity index is 1.98. The van der Waals surface area contributed by atoms with Crippen molar-refractivity contribution in [3.8, 4) is 0 Å². The molecule has 4 nitrogen and oxygen atoms in total. The second-order valence-corrected chi connectivity index (χ2v) is 6.50. The standard InChI is InChI=1S/C10H19NO3S/c1-11-7-3-9(4-8-11)10(5-6-10)14-15(2,12)13/h9H,3-8H2,1-2H3. The zero-order valence-electron chi connectivity index (χ0n) is 9.40. The van der Waals surface area contributed by atoms with Gasteiger partial charge in [-0.2, -0.15) is 8.42 Å². The first kappa shape index (κ1) is 11.4. The number of hydrogen-bond acceptors (Lipinski definition) is 4. The van der Waals surface area contributed by atoms with Gasteiger partial charge in [-0.3, -0.25) is 4.18 Å². The average Bonchev–Trinajstić information content (AvgIpc) is 2.83. The van der Waals surface area contributed by atoms with Crippen LogP contribution in [-0.4, -0.2) is 45.3 Å². The molecule has 5 heteroatoms. The highest BCUT2D eigenvalue weighted by molar-refractivity contribution is 7.86. The molecular weight excluding hydrogens is 214 g/mol. The summed E-state index contributed by atoms with van der Waals surface area (Å²) in [6, 6.07) is 0. The summed E-state index contributed by atoms with van der Waals surface area (Å²) in [4.78, 5) is 2.28. The number of rotatable bonds is 3. The van der Waals surface area contributed by atoms with E-state index in [4.69, 9.17) is 4.18 Å². The molecule has 2 fully saturated rings. The van der Waals surface area contributed by atoms with Crippen molar-refractivity contribution in [2.45, 2.75) is 31.3 Å². The van der Waals surface area contributed by atoms with Gasteiger partial charge < -0.3 is 4.90 Å². The minimum absolute atomic E-state index is 0.325. The van der Waals surface area contributed by atoms with E-state index in [9.17, 15) is 8.42 Å². The Morgan fingerprint density at radius 3 is 2.20 bits per heavy atom. The van der Waals surface area contributed by atoms with Crippen LogP contribution in [0.15, 0.2) is 0 Å². The minimum Gasteiger partial charge on any atom is -0.306 e. The van der Waals surface area contributed by atoms with Gasteiger partial charge in [0.05, 0.1) is 11.9 Å². The second-order valence-electron chi connectivity index (χ2n) is 4.93. The Morgan fingerprint density at radius 1 is 1.27 bits per heavy atom. The van der Waals surface area contributed by atoms with E-state index < -0.39 is 10.1 Å². The minimum atomic E-state index is -3.30. The third-order valence-electron chi connectivity index (χ3n) is 3.52. The van der Waals surface area contributed by atoms with Crippen molar-refractivity contribution >= 4 is 10.1 Å². The van der Waals surface area contributed by atoms with Crippen LogP contribution in [0, 0.1) is 5.92 Å². The van der Waals surface area contributed by atoms with Gasteiger partial charge in [0.15, 0.2) is 0 Å². The predicted molar refractivity (Wildman–Crippen MR) is 58.1 cm³/mol. The van der Waals surface area contributed by atoms with Crippen LogP contribution < -0.4 is 0 Å². The zero-order chi connectivity index (χ0) is 11.1. The molecule has 0 spiro atoms. The van der Waals surface area contributed by atoms with E-state index in [0.717, 1.165) is 45.0 Å². The maximum absolute atomic E-state index is 11.2. The van der Waals surface area contributed by atoms with E-state index in [1.54, 1.807) is 0 Å². The molecule has 0 radical (unpaired) electrons. The smallest absolute Gasteiger partial charge is 0.264 e. The van der Waals surface area contributed by atoms with Gasteiger partial charge in [0.2, 0.25) is 0 Å². The summed E-state index contributed by atoms with van der Waals surface area (Å²) >= 11 is 0. The van der Waals surface area contributed by atoms with Gasteiger partial charge in [0, 0.05) is 0 Å². The summed E-state index contributed by atoms with van der Waals surface area (Å²) < 4.78 is 27.6. The van der Waals surface area contributed by atoms with Crippen molar-refractivity contribution in [3.63, 3.8) is 0 Å². The molecule has 0 aromatic heterocycles. The van der Waals surface area contributed by atoms with Crippen molar-refractivity contribution in [2.24, 2.45) is 5.92 Å². The fourth-order valence-corrected chi connectivity index (χ4v) is 3.42. The topological polar surface area (TPSA) is 46.6 Å². The average molecular weight is 233 g/mol. The molecule has 2 rings (SSSR count). The summed E-state index contributed by atoms with van der Waals surface area (Å²) in [7, 11) is -1.19. The van der Waals surface area contributed by atoms with Gasteiger partial charge in [-0.1, -0.05) is 0 Å². The van der Waals surface area contributed by atoms with Crippen LogP contribution in [0.3, 0.4) is 0 Å². The van der Waals surface area contributed by atoms with Crippen LogP contribution in [-0.2, 0) is 14.3 Å². The Morgan fingerprint density at radius 2 is 1.80 bits per heavy atom. The molecule has 1 saturated carbocycles. The van der Waals surface area contributed by atoms with Crippen LogP contribution in [0.1, 0.15) is 25.7 Å². The summed E-state index contributed by atoms with van der Waals surface area (Å²) in [6.07, 6.45) is 5.10. The molecule has 0 atom stereocenters. The van der Waals surface area contributed by atoms with Crippen molar-refractivity contribution in [1.29, 1.82) is 0 Å². The number of hydrogen-bond donors (Lipinski definition) is 0. The van der Waals surface area contributed by atoms with Crippen molar-refractivity contribution in [1.82, 2.24) is 4.90 Å². The van der Waals surface area contributed by atoms with E-state index in [-0.39, 0.29) is 5.60 Å². The number of piperidine rings is 1. The van der Waals surface area contributed by atoms with Crippen LogP contribution in [0.5, 0.6) is 0 Å². The lowest BCUT2D eigenvalue weighted by atomic mass is 9.90. The van der Waals surface area contributed by atoms with Gasteiger partial charge in [-0.15, -0.1) is 0 Å². The van der Waals surface area contributed by atoms with Gasteiger partial charge >= 0.3 is 0 Å². The van der Waals surface area contributed by atoms with Crippen molar-refractivity contribution < 1.29 is 12.6 Å². The lowest BCUT2D eigenvalue weighted by Gasteiger charge is -2.33. The van der Waals surface area contributed by atoms with E-state index >= 15 is 0 Å². The second kappa shape index (κ2) is 3.71. The molecule has 1 aliphatic heterocycles. The lowest BCUT2D eigenvalue weighted by molar-refractivity contribution is 0.0715. The van der Waals surface area contributed by atoms with Crippen LogP contribution in [0.2, 0.25) is 0 Å². The molecule has 0 aromatic carbocycles.